The lowest BCUT2D eigenvalue weighted by Crippen LogP contribution is -2.40. The van der Waals surface area contributed by atoms with E-state index in [1.54, 1.807) is 14.2 Å². The summed E-state index contributed by atoms with van der Waals surface area (Å²) in [7, 11) is 3.23. The number of urea groups is 1. The van der Waals surface area contributed by atoms with Crippen molar-refractivity contribution in [2.45, 2.75) is 26.0 Å². The zero-order chi connectivity index (χ0) is 15.1. The maximum atomic E-state index is 11.7. The number of amides is 2. The molecule has 0 aliphatic carbocycles. The molecule has 0 bridgehead atoms. The molecule has 2 N–H and O–H groups in total. The van der Waals surface area contributed by atoms with Crippen LogP contribution in [0, 0.1) is 0 Å². The van der Waals surface area contributed by atoms with Gasteiger partial charge in [0.15, 0.2) is 0 Å². The van der Waals surface area contributed by atoms with Crippen molar-refractivity contribution in [3.63, 3.8) is 0 Å². The van der Waals surface area contributed by atoms with Crippen LogP contribution in [0.2, 0.25) is 0 Å². The number of methoxy groups -OCH3 is 2. The third kappa shape index (κ3) is 5.02. The van der Waals surface area contributed by atoms with Crippen LogP contribution in [0.5, 0.6) is 5.75 Å². The Morgan fingerprint density at radius 2 is 2.05 bits per heavy atom. The Labute approximate surface area is 128 Å². The van der Waals surface area contributed by atoms with Crippen LogP contribution in [-0.4, -0.2) is 32.9 Å². The van der Waals surface area contributed by atoms with Gasteiger partial charge in [-0.15, -0.1) is 0 Å². The fourth-order valence-corrected chi connectivity index (χ4v) is 2.16. The molecule has 20 heavy (non-hydrogen) atoms. The number of benzene rings is 1. The van der Waals surface area contributed by atoms with Crippen molar-refractivity contribution >= 4 is 22.0 Å². The van der Waals surface area contributed by atoms with Crippen molar-refractivity contribution < 1.29 is 14.3 Å². The zero-order valence-electron chi connectivity index (χ0n) is 12.2. The lowest BCUT2D eigenvalue weighted by molar-refractivity contribution is 0.118. The maximum absolute atomic E-state index is 11.7. The summed E-state index contributed by atoms with van der Waals surface area (Å²) < 4.78 is 11.1. The van der Waals surface area contributed by atoms with Crippen molar-refractivity contribution in [2.75, 3.05) is 20.8 Å². The molecule has 0 unspecified atom stereocenters. The SMILES string of the molecule is COc1ccc([C@@H](C)NC(=O)NC[C@H](C)OC)cc1Br. The van der Waals surface area contributed by atoms with Gasteiger partial charge in [0.2, 0.25) is 0 Å². The minimum Gasteiger partial charge on any atom is -0.496 e. The highest BCUT2D eigenvalue weighted by Crippen LogP contribution is 2.27. The van der Waals surface area contributed by atoms with Crippen LogP contribution in [0.4, 0.5) is 4.79 Å². The molecule has 1 aromatic rings. The third-order valence-corrected chi connectivity index (χ3v) is 3.60. The summed E-state index contributed by atoms with van der Waals surface area (Å²) in [6.45, 7) is 4.29. The minimum absolute atomic E-state index is 0.00816. The van der Waals surface area contributed by atoms with Gasteiger partial charge in [-0.2, -0.15) is 0 Å². The summed E-state index contributed by atoms with van der Waals surface area (Å²) in [6.07, 6.45) is -0.00816. The fourth-order valence-electron chi connectivity index (χ4n) is 1.60. The molecule has 0 heterocycles. The van der Waals surface area contributed by atoms with Crippen molar-refractivity contribution in [3.05, 3.63) is 28.2 Å². The van der Waals surface area contributed by atoms with Crippen LogP contribution in [0.25, 0.3) is 0 Å². The van der Waals surface area contributed by atoms with Gasteiger partial charge in [0.1, 0.15) is 5.75 Å². The second kappa shape index (κ2) is 8.11. The topological polar surface area (TPSA) is 59.6 Å². The number of hydrogen-bond donors (Lipinski definition) is 2. The second-order valence-corrected chi connectivity index (χ2v) is 5.37. The van der Waals surface area contributed by atoms with E-state index in [1.807, 2.05) is 32.0 Å². The first-order valence-corrected chi connectivity index (χ1v) is 7.17. The lowest BCUT2D eigenvalue weighted by Gasteiger charge is -2.17. The highest BCUT2D eigenvalue weighted by atomic mass is 79.9. The molecule has 0 saturated heterocycles. The van der Waals surface area contributed by atoms with E-state index in [0.717, 1.165) is 15.8 Å². The predicted molar refractivity (Wildman–Crippen MR) is 82.1 cm³/mol. The number of carbonyl (C=O) groups is 1. The maximum Gasteiger partial charge on any atom is 0.315 e. The molecule has 2 amide bonds. The molecule has 1 rings (SSSR count). The number of nitrogens with one attached hydrogen (secondary N) is 2. The number of ether oxygens (including phenoxy) is 2. The lowest BCUT2D eigenvalue weighted by atomic mass is 10.1. The van der Waals surface area contributed by atoms with E-state index >= 15 is 0 Å². The van der Waals surface area contributed by atoms with E-state index in [1.165, 1.54) is 0 Å². The molecule has 0 aromatic heterocycles. The monoisotopic (exact) mass is 344 g/mol. The summed E-state index contributed by atoms with van der Waals surface area (Å²) in [4.78, 5) is 11.7. The van der Waals surface area contributed by atoms with Gasteiger partial charge < -0.3 is 20.1 Å². The van der Waals surface area contributed by atoms with Gasteiger partial charge in [-0.1, -0.05) is 6.07 Å². The standard InChI is InChI=1S/C14H21BrN2O3/c1-9(19-3)8-16-14(18)17-10(2)11-5-6-13(20-4)12(15)7-11/h5-7,9-10H,8H2,1-4H3,(H2,16,17,18)/t9-,10+/m0/s1. The van der Waals surface area contributed by atoms with E-state index in [4.69, 9.17) is 9.47 Å². The van der Waals surface area contributed by atoms with Gasteiger partial charge in [0, 0.05) is 13.7 Å². The number of hydrogen-bond acceptors (Lipinski definition) is 3. The van der Waals surface area contributed by atoms with E-state index in [0.29, 0.717) is 6.54 Å². The number of rotatable bonds is 6. The van der Waals surface area contributed by atoms with Gasteiger partial charge in [-0.05, 0) is 47.5 Å². The van der Waals surface area contributed by atoms with Crippen LogP contribution in [0.1, 0.15) is 25.5 Å². The zero-order valence-corrected chi connectivity index (χ0v) is 13.8. The molecule has 2 atom stereocenters. The molecule has 112 valence electrons. The molecule has 1 aromatic carbocycles. The first kappa shape index (κ1) is 16.8. The molecule has 5 nitrogen and oxygen atoms in total. The first-order chi connectivity index (χ1) is 9.47. The summed E-state index contributed by atoms with van der Waals surface area (Å²) in [5, 5.41) is 5.63. The van der Waals surface area contributed by atoms with E-state index < -0.39 is 0 Å². The average molecular weight is 345 g/mol. The Morgan fingerprint density at radius 3 is 2.60 bits per heavy atom. The van der Waals surface area contributed by atoms with Crippen molar-refractivity contribution in [1.82, 2.24) is 10.6 Å². The smallest absolute Gasteiger partial charge is 0.315 e. The van der Waals surface area contributed by atoms with Crippen molar-refractivity contribution in [2.24, 2.45) is 0 Å². The summed E-state index contributed by atoms with van der Waals surface area (Å²) in [5.41, 5.74) is 0.993. The van der Waals surface area contributed by atoms with Crippen LogP contribution in [-0.2, 0) is 4.74 Å². The fraction of sp³-hybridized carbons (Fsp3) is 0.500. The van der Waals surface area contributed by atoms with Crippen molar-refractivity contribution in [3.8, 4) is 5.75 Å². The summed E-state index contributed by atoms with van der Waals surface area (Å²) >= 11 is 3.43. The Kier molecular flexibility index (Phi) is 6.81. The molecule has 0 spiro atoms. The number of halogens is 1. The number of carbonyl (C=O) groups excluding carboxylic acids is 1. The quantitative estimate of drug-likeness (QED) is 0.834. The highest BCUT2D eigenvalue weighted by molar-refractivity contribution is 9.10. The average Bonchev–Trinajstić information content (AvgIpc) is 2.44. The van der Waals surface area contributed by atoms with Gasteiger partial charge in [0.25, 0.3) is 0 Å². The van der Waals surface area contributed by atoms with Crippen LogP contribution < -0.4 is 15.4 Å². The second-order valence-electron chi connectivity index (χ2n) is 4.52. The molecule has 0 radical (unpaired) electrons. The summed E-state index contributed by atoms with van der Waals surface area (Å²) in [6, 6.07) is 5.40. The van der Waals surface area contributed by atoms with E-state index in [2.05, 4.69) is 26.6 Å². The van der Waals surface area contributed by atoms with Crippen molar-refractivity contribution in [1.29, 1.82) is 0 Å². The van der Waals surface area contributed by atoms with Gasteiger partial charge in [0.05, 0.1) is 23.7 Å². The molecular weight excluding hydrogens is 324 g/mol. The third-order valence-electron chi connectivity index (χ3n) is 2.98. The van der Waals surface area contributed by atoms with E-state index in [9.17, 15) is 4.79 Å². The normalized spacial score (nSPS) is 13.4. The predicted octanol–water partition coefficient (Wildman–Crippen LogP) is 2.85. The minimum atomic E-state index is -0.214. The van der Waals surface area contributed by atoms with Gasteiger partial charge in [-0.25, -0.2) is 4.79 Å². The van der Waals surface area contributed by atoms with Gasteiger partial charge >= 0.3 is 6.03 Å². The van der Waals surface area contributed by atoms with Gasteiger partial charge in [-0.3, -0.25) is 0 Å². The largest absolute Gasteiger partial charge is 0.496 e. The van der Waals surface area contributed by atoms with Crippen LogP contribution in [0.15, 0.2) is 22.7 Å². The molecule has 0 fully saturated rings. The first-order valence-electron chi connectivity index (χ1n) is 6.38. The Morgan fingerprint density at radius 1 is 1.35 bits per heavy atom. The highest BCUT2D eigenvalue weighted by Gasteiger charge is 2.11. The molecule has 0 saturated carbocycles. The Balaban J connectivity index is 2.55. The van der Waals surface area contributed by atoms with Crippen LogP contribution >= 0.6 is 15.9 Å². The molecular formula is C14H21BrN2O3. The summed E-state index contributed by atoms with van der Waals surface area (Å²) in [5.74, 6) is 0.763. The Bertz CT molecular complexity index is 454. The Hall–Kier alpha value is -1.27. The molecule has 0 aliphatic heterocycles. The molecule has 0 aliphatic rings. The molecule has 6 heteroatoms. The van der Waals surface area contributed by atoms with Crippen LogP contribution in [0.3, 0.4) is 0 Å². The van der Waals surface area contributed by atoms with E-state index in [-0.39, 0.29) is 18.2 Å².